The van der Waals surface area contributed by atoms with Crippen molar-refractivity contribution in [1.82, 2.24) is 0 Å². The lowest BCUT2D eigenvalue weighted by Crippen LogP contribution is -2.08. The Labute approximate surface area is 175 Å². The summed E-state index contributed by atoms with van der Waals surface area (Å²) in [6, 6.07) is 26.0. The second-order valence-corrected chi connectivity index (χ2v) is 8.17. The zero-order valence-corrected chi connectivity index (χ0v) is 17.4. The summed E-state index contributed by atoms with van der Waals surface area (Å²) in [6.45, 7) is 1.69. The van der Waals surface area contributed by atoms with Crippen molar-refractivity contribution in [2.24, 2.45) is 0 Å². The second-order valence-electron chi connectivity index (χ2n) is 8.17. The molecule has 6 rings (SSSR count). The second kappa shape index (κ2) is 10.4. The van der Waals surface area contributed by atoms with Crippen LogP contribution in [0.2, 0.25) is 0 Å². The fourth-order valence-electron chi connectivity index (χ4n) is 4.50. The molecular weight excluding hydrogens is 352 g/mol. The van der Waals surface area contributed by atoms with Crippen LogP contribution in [0.1, 0.15) is 52.6 Å². The Morgan fingerprint density at radius 3 is 1.24 bits per heavy atom. The molecule has 1 aliphatic heterocycles. The van der Waals surface area contributed by atoms with E-state index in [-0.39, 0.29) is 0 Å². The molecule has 3 aromatic carbocycles. The van der Waals surface area contributed by atoms with Gasteiger partial charge in [0.1, 0.15) is 0 Å². The number of hydrogen-bond donors (Lipinski definition) is 0. The van der Waals surface area contributed by atoms with Crippen LogP contribution in [-0.4, -0.2) is 6.61 Å². The van der Waals surface area contributed by atoms with Crippen LogP contribution in [0.5, 0.6) is 0 Å². The van der Waals surface area contributed by atoms with Gasteiger partial charge in [-0.15, -0.1) is 0 Å². The Hall–Kier alpha value is -2.38. The third kappa shape index (κ3) is 5.58. The molecule has 0 atom stereocenters. The molecule has 3 aliphatic rings. The Morgan fingerprint density at radius 2 is 0.793 bits per heavy atom. The van der Waals surface area contributed by atoms with Gasteiger partial charge in [0.25, 0.3) is 0 Å². The zero-order chi connectivity index (χ0) is 19.7. The summed E-state index contributed by atoms with van der Waals surface area (Å²) in [5, 5.41) is 0. The molecule has 0 saturated heterocycles. The lowest BCUT2D eigenvalue weighted by molar-refractivity contribution is 0.111. The zero-order valence-electron chi connectivity index (χ0n) is 17.4. The van der Waals surface area contributed by atoms with Crippen LogP contribution in [0.4, 0.5) is 0 Å². The molecule has 0 radical (unpaired) electrons. The minimum atomic E-state index is 0.802. The third-order valence-electron chi connectivity index (χ3n) is 6.16. The first-order valence-electron chi connectivity index (χ1n) is 11.2. The molecule has 0 saturated carbocycles. The summed E-state index contributed by atoms with van der Waals surface area (Å²) in [5.74, 6) is 0. The first kappa shape index (κ1) is 19.9. The molecule has 2 aliphatic carbocycles. The van der Waals surface area contributed by atoms with Crippen molar-refractivity contribution in [3.05, 3.63) is 106 Å². The maximum absolute atomic E-state index is 5.30. The smallest absolute Gasteiger partial charge is 0.0719 e. The van der Waals surface area contributed by atoms with Crippen LogP contribution in [0.3, 0.4) is 0 Å². The van der Waals surface area contributed by atoms with Gasteiger partial charge in [-0.3, -0.25) is 0 Å². The number of benzene rings is 3. The SMILES string of the molecule is c1ccc2c(c1)CCC2.c1ccc2c(c1)CCCC2.c1ccc2c(c1)CCOC2. The standard InChI is InChI=1S/C10H12.C9H10O.C9H10/c1-2-6-10-8-4-3-7-9(10)5-1;1-2-4-9-7-10-6-5-8(9)3-1;1-2-5-9-7-3-6-8(9)4-1/h1-2,5-6H,3-4,7-8H2;1-4H,5-7H2;1-2,4-5H,3,6-7H2. The molecular formula is C28H32O. The Bertz CT molecular complexity index is 787. The Balaban J connectivity index is 0.000000106. The van der Waals surface area contributed by atoms with E-state index in [1.165, 1.54) is 56.1 Å². The normalized spacial score (nSPS) is 16.1. The topological polar surface area (TPSA) is 9.23 Å². The maximum Gasteiger partial charge on any atom is 0.0719 e. The van der Waals surface area contributed by atoms with Crippen LogP contribution in [0, 0.1) is 0 Å². The monoisotopic (exact) mass is 384 g/mol. The number of aryl methyl sites for hydroxylation is 4. The van der Waals surface area contributed by atoms with Crippen LogP contribution < -0.4 is 0 Å². The Morgan fingerprint density at radius 1 is 0.414 bits per heavy atom. The van der Waals surface area contributed by atoms with Gasteiger partial charge in [-0.25, -0.2) is 0 Å². The number of hydrogen-bond acceptors (Lipinski definition) is 1. The highest BCUT2D eigenvalue weighted by Crippen LogP contribution is 2.21. The van der Waals surface area contributed by atoms with Gasteiger partial charge in [0.2, 0.25) is 0 Å². The summed E-state index contributed by atoms with van der Waals surface area (Å²) in [4.78, 5) is 0. The van der Waals surface area contributed by atoms with Crippen molar-refractivity contribution < 1.29 is 4.74 Å². The van der Waals surface area contributed by atoms with E-state index in [9.17, 15) is 0 Å². The molecule has 1 heteroatoms. The maximum atomic E-state index is 5.30. The fourth-order valence-corrected chi connectivity index (χ4v) is 4.50. The summed E-state index contributed by atoms with van der Waals surface area (Å²) >= 11 is 0. The van der Waals surface area contributed by atoms with E-state index in [4.69, 9.17) is 4.74 Å². The molecule has 0 aromatic heterocycles. The quantitative estimate of drug-likeness (QED) is 0.430. The predicted molar refractivity (Wildman–Crippen MR) is 121 cm³/mol. The molecule has 1 heterocycles. The summed E-state index contributed by atoms with van der Waals surface area (Å²) < 4.78 is 5.30. The highest BCUT2D eigenvalue weighted by atomic mass is 16.5. The van der Waals surface area contributed by atoms with Gasteiger partial charge in [0.15, 0.2) is 0 Å². The summed E-state index contributed by atoms with van der Waals surface area (Å²) in [6.07, 6.45) is 10.4. The molecule has 0 bridgehead atoms. The fraction of sp³-hybridized carbons (Fsp3) is 0.357. The van der Waals surface area contributed by atoms with Crippen LogP contribution in [0.25, 0.3) is 0 Å². The predicted octanol–water partition coefficient (Wildman–Crippen LogP) is 6.50. The molecule has 0 N–H and O–H groups in total. The van der Waals surface area contributed by atoms with Gasteiger partial charge in [-0.05, 0) is 84.7 Å². The van der Waals surface area contributed by atoms with Gasteiger partial charge in [0, 0.05) is 0 Å². The van der Waals surface area contributed by atoms with E-state index in [1.807, 2.05) is 0 Å². The van der Waals surface area contributed by atoms with Crippen molar-refractivity contribution in [2.45, 2.75) is 58.0 Å². The molecule has 29 heavy (non-hydrogen) atoms. The van der Waals surface area contributed by atoms with E-state index in [0.717, 1.165) is 19.6 Å². The summed E-state index contributed by atoms with van der Waals surface area (Å²) in [5.41, 5.74) is 9.10. The summed E-state index contributed by atoms with van der Waals surface area (Å²) in [7, 11) is 0. The van der Waals surface area contributed by atoms with E-state index >= 15 is 0 Å². The average Bonchev–Trinajstić information content (AvgIpc) is 3.29. The Kier molecular flexibility index (Phi) is 7.15. The van der Waals surface area contributed by atoms with Crippen molar-refractivity contribution in [3.63, 3.8) is 0 Å². The highest BCUT2D eigenvalue weighted by molar-refractivity contribution is 5.31. The van der Waals surface area contributed by atoms with E-state index in [2.05, 4.69) is 72.8 Å². The molecule has 0 spiro atoms. The minimum Gasteiger partial charge on any atom is -0.376 e. The lowest BCUT2D eigenvalue weighted by Gasteiger charge is -2.14. The lowest BCUT2D eigenvalue weighted by atomic mass is 9.92. The average molecular weight is 385 g/mol. The van der Waals surface area contributed by atoms with Crippen molar-refractivity contribution in [1.29, 1.82) is 0 Å². The molecule has 150 valence electrons. The van der Waals surface area contributed by atoms with Gasteiger partial charge in [0.05, 0.1) is 13.2 Å². The van der Waals surface area contributed by atoms with E-state index in [0.29, 0.717) is 0 Å². The van der Waals surface area contributed by atoms with E-state index in [1.54, 1.807) is 22.3 Å². The first-order chi connectivity index (χ1) is 14.4. The minimum absolute atomic E-state index is 0.802. The molecule has 1 nitrogen and oxygen atoms in total. The molecule has 0 fully saturated rings. The number of ether oxygens (including phenoxy) is 1. The van der Waals surface area contributed by atoms with Crippen LogP contribution in [0.15, 0.2) is 72.8 Å². The number of fused-ring (bicyclic) bond motifs is 3. The van der Waals surface area contributed by atoms with E-state index < -0.39 is 0 Å². The first-order valence-corrected chi connectivity index (χ1v) is 11.2. The molecule has 0 unspecified atom stereocenters. The van der Waals surface area contributed by atoms with Crippen molar-refractivity contribution in [2.75, 3.05) is 6.61 Å². The molecule has 3 aromatic rings. The van der Waals surface area contributed by atoms with Gasteiger partial charge in [-0.2, -0.15) is 0 Å². The van der Waals surface area contributed by atoms with Crippen LogP contribution in [-0.2, 0) is 43.4 Å². The third-order valence-corrected chi connectivity index (χ3v) is 6.16. The highest BCUT2D eigenvalue weighted by Gasteiger charge is 2.08. The van der Waals surface area contributed by atoms with Crippen LogP contribution >= 0.6 is 0 Å². The van der Waals surface area contributed by atoms with Gasteiger partial charge < -0.3 is 4.74 Å². The number of rotatable bonds is 0. The van der Waals surface area contributed by atoms with Gasteiger partial charge in [-0.1, -0.05) is 72.8 Å². The largest absolute Gasteiger partial charge is 0.376 e. The molecule has 0 amide bonds. The van der Waals surface area contributed by atoms with Crippen molar-refractivity contribution >= 4 is 0 Å². The van der Waals surface area contributed by atoms with Crippen molar-refractivity contribution in [3.8, 4) is 0 Å². The van der Waals surface area contributed by atoms with Gasteiger partial charge >= 0.3 is 0 Å².